The SMILES string of the molecule is [CH2-]CC.[Mg+2].c1ccc2[cH-]ccc2c1. The van der Waals surface area contributed by atoms with Gasteiger partial charge in [-0.3, -0.25) is 0 Å². The summed E-state index contributed by atoms with van der Waals surface area (Å²) in [5, 5.41) is 2.66. The van der Waals surface area contributed by atoms with Gasteiger partial charge in [-0.25, -0.2) is 0 Å². The number of hydrogen-bond donors (Lipinski definition) is 0. The van der Waals surface area contributed by atoms with Crippen LogP contribution in [0.1, 0.15) is 13.3 Å². The monoisotopic (exact) mass is 182 g/mol. The predicted molar refractivity (Wildman–Crippen MR) is 60.9 cm³/mol. The van der Waals surface area contributed by atoms with E-state index >= 15 is 0 Å². The zero-order valence-corrected chi connectivity index (χ0v) is 9.58. The summed E-state index contributed by atoms with van der Waals surface area (Å²) >= 11 is 0. The standard InChI is InChI=1S/C9H7.C3H7.Mg/c1-2-5-9-7-3-6-8(9)4-1;1-3-2;/h1-7H;1,3H2,2H3;/q2*-1;+2. The molecule has 2 rings (SSSR count). The molecule has 0 saturated heterocycles. The molecular weight excluding hydrogens is 168 g/mol. The molecular formula is C12H14Mg. The Balaban J connectivity index is 0.000000324. The van der Waals surface area contributed by atoms with Crippen LogP contribution >= 0.6 is 0 Å². The van der Waals surface area contributed by atoms with Crippen LogP contribution in [0.5, 0.6) is 0 Å². The molecule has 0 N–H and O–H groups in total. The summed E-state index contributed by atoms with van der Waals surface area (Å²) in [6.07, 6.45) is 1.00. The van der Waals surface area contributed by atoms with Crippen molar-refractivity contribution >= 4 is 33.8 Å². The molecule has 0 aromatic heterocycles. The summed E-state index contributed by atoms with van der Waals surface area (Å²) in [6, 6.07) is 14.7. The van der Waals surface area contributed by atoms with Crippen LogP contribution in [-0.2, 0) is 0 Å². The molecule has 0 saturated carbocycles. The van der Waals surface area contributed by atoms with Crippen molar-refractivity contribution in [2.24, 2.45) is 0 Å². The third kappa shape index (κ3) is 3.88. The van der Waals surface area contributed by atoms with Crippen LogP contribution in [0.3, 0.4) is 0 Å². The van der Waals surface area contributed by atoms with E-state index < -0.39 is 0 Å². The molecule has 13 heavy (non-hydrogen) atoms. The molecule has 0 aliphatic carbocycles. The van der Waals surface area contributed by atoms with Crippen molar-refractivity contribution in [3.63, 3.8) is 0 Å². The van der Waals surface area contributed by atoms with Gasteiger partial charge in [0.05, 0.1) is 0 Å². The molecule has 2 aromatic carbocycles. The first-order valence-corrected chi connectivity index (χ1v) is 4.28. The quantitative estimate of drug-likeness (QED) is 0.433. The van der Waals surface area contributed by atoms with E-state index in [0.717, 1.165) is 6.42 Å². The Kier molecular flexibility index (Phi) is 6.82. The van der Waals surface area contributed by atoms with Crippen LogP contribution in [0.15, 0.2) is 42.5 Å². The molecule has 0 atom stereocenters. The van der Waals surface area contributed by atoms with Crippen LogP contribution in [0.2, 0.25) is 0 Å². The maximum Gasteiger partial charge on any atom is 2.00 e. The van der Waals surface area contributed by atoms with Crippen molar-refractivity contribution in [1.29, 1.82) is 0 Å². The van der Waals surface area contributed by atoms with Gasteiger partial charge in [0.25, 0.3) is 0 Å². The Hall–Kier alpha value is -0.404. The molecule has 0 heterocycles. The number of fused-ring (bicyclic) bond motifs is 1. The van der Waals surface area contributed by atoms with E-state index in [1.54, 1.807) is 0 Å². The van der Waals surface area contributed by atoms with E-state index in [1.165, 1.54) is 10.8 Å². The first-order valence-electron chi connectivity index (χ1n) is 4.28. The van der Waals surface area contributed by atoms with Crippen LogP contribution in [-0.4, -0.2) is 23.1 Å². The average molecular weight is 183 g/mol. The van der Waals surface area contributed by atoms with Crippen molar-refractivity contribution < 1.29 is 0 Å². The minimum Gasteiger partial charge on any atom is -0.344 e. The van der Waals surface area contributed by atoms with Gasteiger partial charge in [0.1, 0.15) is 0 Å². The molecule has 1 heteroatoms. The minimum absolute atomic E-state index is 0. The molecule has 2 aromatic rings. The van der Waals surface area contributed by atoms with Gasteiger partial charge in [-0.15, -0.1) is 29.7 Å². The second-order valence-electron chi connectivity index (χ2n) is 2.65. The Morgan fingerprint density at radius 2 is 1.85 bits per heavy atom. The third-order valence-electron chi connectivity index (χ3n) is 1.55. The van der Waals surface area contributed by atoms with Gasteiger partial charge in [-0.05, 0) is 0 Å². The van der Waals surface area contributed by atoms with Gasteiger partial charge in [0.15, 0.2) is 0 Å². The Morgan fingerprint density at radius 3 is 2.46 bits per heavy atom. The first kappa shape index (κ1) is 12.6. The summed E-state index contributed by atoms with van der Waals surface area (Å²) in [6.45, 7) is 5.50. The Labute approximate surface area is 96.5 Å². The Bertz CT molecular complexity index is 292. The topological polar surface area (TPSA) is 0 Å². The van der Waals surface area contributed by atoms with Crippen LogP contribution in [0.4, 0.5) is 0 Å². The van der Waals surface area contributed by atoms with Crippen LogP contribution in [0, 0.1) is 6.92 Å². The van der Waals surface area contributed by atoms with E-state index in [2.05, 4.69) is 49.4 Å². The minimum atomic E-state index is 0. The maximum absolute atomic E-state index is 3.49. The summed E-state index contributed by atoms with van der Waals surface area (Å²) in [5.74, 6) is 0. The van der Waals surface area contributed by atoms with Gasteiger partial charge in [-0.1, -0.05) is 13.0 Å². The summed E-state index contributed by atoms with van der Waals surface area (Å²) < 4.78 is 0. The first-order chi connectivity index (χ1) is 5.88. The van der Waals surface area contributed by atoms with Gasteiger partial charge >= 0.3 is 23.1 Å². The van der Waals surface area contributed by atoms with E-state index in [9.17, 15) is 0 Å². The summed E-state index contributed by atoms with van der Waals surface area (Å²) in [5.41, 5.74) is 0. The fourth-order valence-corrected chi connectivity index (χ4v) is 1.07. The summed E-state index contributed by atoms with van der Waals surface area (Å²) in [7, 11) is 0. The molecule has 0 bridgehead atoms. The molecule has 0 aliphatic rings. The number of rotatable bonds is 0. The molecule has 0 amide bonds. The van der Waals surface area contributed by atoms with Crippen molar-refractivity contribution in [3.8, 4) is 0 Å². The van der Waals surface area contributed by atoms with Gasteiger partial charge in [0, 0.05) is 0 Å². The molecule has 0 nitrogen and oxygen atoms in total. The van der Waals surface area contributed by atoms with E-state index in [4.69, 9.17) is 0 Å². The van der Waals surface area contributed by atoms with Gasteiger partial charge in [0.2, 0.25) is 0 Å². The number of hydrogen-bond acceptors (Lipinski definition) is 0. The maximum atomic E-state index is 3.49. The fourth-order valence-electron chi connectivity index (χ4n) is 1.07. The van der Waals surface area contributed by atoms with Crippen LogP contribution in [0.25, 0.3) is 10.8 Å². The van der Waals surface area contributed by atoms with Crippen molar-refractivity contribution in [1.82, 2.24) is 0 Å². The molecule has 0 unspecified atom stereocenters. The molecule has 0 fully saturated rings. The van der Waals surface area contributed by atoms with Gasteiger partial charge in [-0.2, -0.15) is 23.9 Å². The van der Waals surface area contributed by atoms with Crippen molar-refractivity contribution in [2.45, 2.75) is 13.3 Å². The molecule has 64 valence electrons. The Morgan fingerprint density at radius 1 is 1.23 bits per heavy atom. The fraction of sp³-hybridized carbons (Fsp3) is 0.167. The van der Waals surface area contributed by atoms with Crippen LogP contribution < -0.4 is 0 Å². The molecule has 0 radical (unpaired) electrons. The predicted octanol–water partition coefficient (Wildman–Crippen LogP) is 3.41. The zero-order chi connectivity index (χ0) is 8.81. The smallest absolute Gasteiger partial charge is 0.344 e. The average Bonchev–Trinajstić information content (AvgIpc) is 2.52. The second-order valence-corrected chi connectivity index (χ2v) is 2.65. The summed E-state index contributed by atoms with van der Waals surface area (Å²) in [4.78, 5) is 0. The zero-order valence-electron chi connectivity index (χ0n) is 8.16. The van der Waals surface area contributed by atoms with E-state index in [0.29, 0.717) is 0 Å². The normalized spacial score (nSPS) is 8.46. The van der Waals surface area contributed by atoms with Crippen molar-refractivity contribution in [3.05, 3.63) is 49.4 Å². The van der Waals surface area contributed by atoms with E-state index in [-0.39, 0.29) is 23.1 Å². The molecule has 0 spiro atoms. The van der Waals surface area contributed by atoms with Crippen molar-refractivity contribution in [2.75, 3.05) is 0 Å². The third-order valence-corrected chi connectivity index (χ3v) is 1.55. The largest absolute Gasteiger partial charge is 2.00 e. The second kappa shape index (κ2) is 7.04. The molecule has 0 aliphatic heterocycles. The number of benzene rings is 1. The van der Waals surface area contributed by atoms with E-state index in [1.807, 2.05) is 6.92 Å². The van der Waals surface area contributed by atoms with Gasteiger partial charge < -0.3 is 6.92 Å².